The van der Waals surface area contributed by atoms with Crippen molar-refractivity contribution in [2.45, 2.75) is 6.92 Å². The van der Waals surface area contributed by atoms with Crippen LogP contribution in [0, 0.1) is 6.92 Å². The van der Waals surface area contributed by atoms with E-state index in [1.165, 1.54) is 0 Å². The van der Waals surface area contributed by atoms with Crippen molar-refractivity contribution in [1.82, 2.24) is 9.38 Å². The van der Waals surface area contributed by atoms with E-state index in [9.17, 15) is 4.79 Å². The molecule has 5 nitrogen and oxygen atoms in total. The molecule has 1 N–H and O–H groups in total. The van der Waals surface area contributed by atoms with Gasteiger partial charge in [-0.05, 0) is 18.4 Å². The Balaban J connectivity index is 1.75. The third-order valence-electron chi connectivity index (χ3n) is 4.62. The van der Waals surface area contributed by atoms with E-state index in [2.05, 4.69) is 10.3 Å². The average Bonchev–Trinajstić information content (AvgIpc) is 3.26. The molecule has 0 fully saturated rings. The molecule has 0 saturated heterocycles. The van der Waals surface area contributed by atoms with Crippen LogP contribution in [0.4, 0.5) is 5.69 Å². The Hall–Kier alpha value is -3.12. The summed E-state index contributed by atoms with van der Waals surface area (Å²) in [5, 5.41) is 5.16. The van der Waals surface area contributed by atoms with Crippen LogP contribution in [-0.4, -0.2) is 22.4 Å². The lowest BCUT2D eigenvalue weighted by Crippen LogP contribution is -2.04. The van der Waals surface area contributed by atoms with Crippen LogP contribution in [-0.2, 0) is 4.79 Å². The Morgan fingerprint density at radius 3 is 2.92 bits per heavy atom. The summed E-state index contributed by atoms with van der Waals surface area (Å²) >= 11 is 1.59. The summed E-state index contributed by atoms with van der Waals surface area (Å²) in [4.78, 5) is 19.2. The van der Waals surface area contributed by atoms with Crippen LogP contribution in [0.25, 0.3) is 27.4 Å². The first-order chi connectivity index (χ1) is 12.7. The number of thiazole rings is 1. The molecule has 0 aliphatic carbocycles. The lowest BCUT2D eigenvalue weighted by molar-refractivity contribution is -0.110. The highest BCUT2D eigenvalue weighted by Crippen LogP contribution is 2.39. The van der Waals surface area contributed by atoms with Crippen LogP contribution in [0.5, 0.6) is 5.88 Å². The molecule has 128 valence electrons. The maximum Gasteiger partial charge on any atom is 0.256 e. The quantitative estimate of drug-likeness (QED) is 0.540. The van der Waals surface area contributed by atoms with E-state index in [1.54, 1.807) is 18.4 Å². The molecule has 5 rings (SSSR count). The van der Waals surface area contributed by atoms with Crippen LogP contribution in [0.15, 0.2) is 42.6 Å². The fourth-order valence-electron chi connectivity index (χ4n) is 3.45. The van der Waals surface area contributed by atoms with Crippen molar-refractivity contribution in [3.63, 3.8) is 0 Å². The minimum absolute atomic E-state index is 0.111. The molecular formula is C20H15N3O2S. The van der Waals surface area contributed by atoms with E-state index in [-0.39, 0.29) is 5.91 Å². The zero-order valence-electron chi connectivity index (χ0n) is 14.2. The molecule has 0 saturated carbocycles. The molecule has 3 heterocycles. The molecule has 4 aromatic rings. The fraction of sp³-hybridized carbons (Fsp3) is 0.100. The Bertz CT molecular complexity index is 1230. The van der Waals surface area contributed by atoms with Crippen molar-refractivity contribution in [3.8, 4) is 5.88 Å². The summed E-state index contributed by atoms with van der Waals surface area (Å²) in [6.07, 6.45) is 3.87. The van der Waals surface area contributed by atoms with Crippen LogP contribution in [0.3, 0.4) is 0 Å². The van der Waals surface area contributed by atoms with Crippen LogP contribution in [0.1, 0.15) is 16.1 Å². The fourth-order valence-corrected chi connectivity index (χ4v) is 4.27. The molecule has 0 unspecified atom stereocenters. The van der Waals surface area contributed by atoms with Gasteiger partial charge in [-0.3, -0.25) is 9.20 Å². The van der Waals surface area contributed by atoms with Crippen molar-refractivity contribution in [2.24, 2.45) is 0 Å². The minimum Gasteiger partial charge on any atom is -0.479 e. The number of aryl methyl sites for hydroxylation is 1. The van der Waals surface area contributed by atoms with Crippen molar-refractivity contribution in [1.29, 1.82) is 0 Å². The van der Waals surface area contributed by atoms with Gasteiger partial charge >= 0.3 is 0 Å². The highest BCUT2D eigenvalue weighted by atomic mass is 32.1. The smallest absolute Gasteiger partial charge is 0.256 e. The van der Waals surface area contributed by atoms with Crippen LogP contribution < -0.4 is 10.1 Å². The van der Waals surface area contributed by atoms with Gasteiger partial charge in [-0.2, -0.15) is 4.98 Å². The number of carbonyl (C=O) groups is 1. The molecule has 0 bridgehead atoms. The lowest BCUT2D eigenvalue weighted by atomic mass is 10.0. The molecule has 1 aliphatic rings. The second-order valence-electron chi connectivity index (χ2n) is 6.22. The number of hydrogen-bond donors (Lipinski definition) is 1. The minimum atomic E-state index is -0.111. The van der Waals surface area contributed by atoms with Gasteiger partial charge in [0.05, 0.1) is 18.4 Å². The molecule has 2 aromatic carbocycles. The van der Waals surface area contributed by atoms with Gasteiger partial charge in [-0.15, -0.1) is 11.3 Å². The maximum atomic E-state index is 12.7. The van der Waals surface area contributed by atoms with Gasteiger partial charge in [0.25, 0.3) is 5.91 Å². The Morgan fingerprint density at radius 1 is 1.23 bits per heavy atom. The van der Waals surface area contributed by atoms with Crippen LogP contribution in [0.2, 0.25) is 0 Å². The molecular weight excluding hydrogens is 346 g/mol. The van der Waals surface area contributed by atoms with Crippen molar-refractivity contribution in [2.75, 3.05) is 12.4 Å². The number of anilines is 1. The highest BCUT2D eigenvalue weighted by molar-refractivity contribution is 7.17. The number of imidazole rings is 1. The number of hydrogen-bond acceptors (Lipinski definition) is 4. The molecule has 2 aromatic heterocycles. The molecule has 6 heteroatoms. The first kappa shape index (κ1) is 15.2. The number of nitrogens with one attached hydrogen (secondary N) is 1. The summed E-state index contributed by atoms with van der Waals surface area (Å²) in [7, 11) is 1.59. The molecule has 0 atom stereocenters. The van der Waals surface area contributed by atoms with Crippen molar-refractivity contribution in [3.05, 3.63) is 58.7 Å². The van der Waals surface area contributed by atoms with Crippen molar-refractivity contribution >= 4 is 50.3 Å². The number of carbonyl (C=O) groups excluding carboxylic acids is 1. The average molecular weight is 361 g/mol. The number of methoxy groups -OCH3 is 1. The molecule has 26 heavy (non-hydrogen) atoms. The van der Waals surface area contributed by atoms with E-state index >= 15 is 0 Å². The van der Waals surface area contributed by atoms with Crippen molar-refractivity contribution < 1.29 is 9.53 Å². The molecule has 1 aliphatic heterocycles. The summed E-state index contributed by atoms with van der Waals surface area (Å²) < 4.78 is 7.40. The highest BCUT2D eigenvalue weighted by Gasteiger charge is 2.27. The standard InChI is InChI=1S/C20H15N3O2S/c1-11-10-23-16(19(25-2)22-20(23)26-11)9-15-14-8-7-12-5-3-4-6-13(12)17(14)21-18(15)24/h3-10H,1-2H3,(H,21,24)/b15-9+. The van der Waals surface area contributed by atoms with Gasteiger partial charge in [-0.1, -0.05) is 36.4 Å². The van der Waals surface area contributed by atoms with Gasteiger partial charge in [-0.25, -0.2) is 0 Å². The molecule has 0 spiro atoms. The molecule has 1 amide bonds. The Kier molecular flexibility index (Phi) is 3.17. The number of rotatable bonds is 2. The second kappa shape index (κ2) is 5.44. The predicted molar refractivity (Wildman–Crippen MR) is 105 cm³/mol. The Labute approximate surface area is 153 Å². The summed E-state index contributed by atoms with van der Waals surface area (Å²) in [5.41, 5.74) is 3.16. The van der Waals surface area contributed by atoms with Gasteiger partial charge < -0.3 is 10.1 Å². The first-order valence-corrected chi connectivity index (χ1v) is 9.05. The van der Waals surface area contributed by atoms with E-state index in [0.29, 0.717) is 11.5 Å². The number of amides is 1. The monoisotopic (exact) mass is 361 g/mol. The zero-order valence-corrected chi connectivity index (χ0v) is 15.1. The largest absolute Gasteiger partial charge is 0.479 e. The van der Waals surface area contributed by atoms with E-state index in [1.807, 2.05) is 60.0 Å². The topological polar surface area (TPSA) is 55.6 Å². The summed E-state index contributed by atoms with van der Waals surface area (Å²) in [5.74, 6) is 0.408. The van der Waals surface area contributed by atoms with Crippen LogP contribution >= 0.6 is 11.3 Å². The zero-order chi connectivity index (χ0) is 17.8. The lowest BCUT2D eigenvalue weighted by Gasteiger charge is -2.04. The number of benzene rings is 2. The van der Waals surface area contributed by atoms with Gasteiger partial charge in [0.15, 0.2) is 4.96 Å². The van der Waals surface area contributed by atoms with E-state index in [4.69, 9.17) is 4.74 Å². The van der Waals surface area contributed by atoms with Gasteiger partial charge in [0, 0.05) is 22.0 Å². The number of ether oxygens (including phenoxy) is 1. The SMILES string of the molecule is COc1nc2sc(C)cn2c1/C=C1/C(=O)Nc2c1ccc1ccccc21. The van der Waals surface area contributed by atoms with Gasteiger partial charge in [0.2, 0.25) is 5.88 Å². The summed E-state index contributed by atoms with van der Waals surface area (Å²) in [6, 6.07) is 12.1. The number of nitrogens with zero attached hydrogens (tertiary/aromatic N) is 2. The predicted octanol–water partition coefficient (Wildman–Crippen LogP) is 4.36. The third kappa shape index (κ3) is 2.09. The maximum absolute atomic E-state index is 12.7. The second-order valence-corrected chi connectivity index (χ2v) is 7.44. The Morgan fingerprint density at radius 2 is 2.08 bits per heavy atom. The van der Waals surface area contributed by atoms with E-state index < -0.39 is 0 Å². The first-order valence-electron chi connectivity index (χ1n) is 8.23. The van der Waals surface area contributed by atoms with Gasteiger partial charge in [0.1, 0.15) is 5.69 Å². The summed E-state index contributed by atoms with van der Waals surface area (Å²) in [6.45, 7) is 2.03. The van der Waals surface area contributed by atoms with E-state index in [0.717, 1.165) is 37.6 Å². The molecule has 0 radical (unpaired) electrons. The number of aromatic nitrogens is 2. The number of fused-ring (bicyclic) bond motifs is 4. The normalized spacial score (nSPS) is 15.0. The third-order valence-corrected chi connectivity index (χ3v) is 5.52.